The van der Waals surface area contributed by atoms with Gasteiger partial charge in [-0.25, -0.2) is 0 Å². The summed E-state index contributed by atoms with van der Waals surface area (Å²) in [6, 6.07) is 0. The molecule has 3 atom stereocenters. The van der Waals surface area contributed by atoms with Crippen molar-refractivity contribution in [3.63, 3.8) is 0 Å². The molecule has 0 aliphatic rings. The van der Waals surface area contributed by atoms with E-state index < -0.39 is 0 Å². The minimum Gasteiger partial charge on any atom is -0.394 e. The summed E-state index contributed by atoms with van der Waals surface area (Å²) in [7, 11) is 0. The van der Waals surface area contributed by atoms with Crippen LogP contribution >= 0.6 is 0 Å². The Morgan fingerprint density at radius 3 is 1.88 bits per heavy atom. The lowest BCUT2D eigenvalue weighted by molar-refractivity contribution is -0.198. The van der Waals surface area contributed by atoms with Gasteiger partial charge in [0.15, 0.2) is 6.29 Å². The van der Waals surface area contributed by atoms with Gasteiger partial charge in [0.1, 0.15) is 0 Å². The van der Waals surface area contributed by atoms with Crippen LogP contribution in [0.3, 0.4) is 0 Å². The van der Waals surface area contributed by atoms with Crippen molar-refractivity contribution in [1.29, 1.82) is 0 Å². The maximum Gasteiger partial charge on any atom is 0.158 e. The Bertz CT molecular complexity index is 180. The van der Waals surface area contributed by atoms with Crippen LogP contribution in [-0.2, 0) is 9.47 Å². The second-order valence-electron chi connectivity index (χ2n) is 5.71. The molecule has 0 saturated heterocycles. The molecule has 0 fully saturated rings. The average Bonchev–Trinajstić information content (AvgIpc) is 2.14. The van der Waals surface area contributed by atoms with E-state index in [1.165, 1.54) is 6.42 Å². The monoisotopic (exact) mass is 246 g/mol. The van der Waals surface area contributed by atoms with Gasteiger partial charge in [0.25, 0.3) is 0 Å². The number of ether oxygens (including phenoxy) is 2. The summed E-state index contributed by atoms with van der Waals surface area (Å²) in [5.74, 6) is 1.27. The van der Waals surface area contributed by atoms with Crippen molar-refractivity contribution < 1.29 is 14.6 Å². The first-order valence-corrected chi connectivity index (χ1v) is 6.76. The van der Waals surface area contributed by atoms with Crippen LogP contribution in [0.2, 0.25) is 0 Å². The fourth-order valence-corrected chi connectivity index (χ4v) is 1.98. The predicted octanol–water partition coefficient (Wildman–Crippen LogP) is 3.21. The molecule has 104 valence electrons. The zero-order valence-corrected chi connectivity index (χ0v) is 12.3. The maximum absolute atomic E-state index is 9.02. The lowest BCUT2D eigenvalue weighted by Gasteiger charge is -2.26. The van der Waals surface area contributed by atoms with E-state index >= 15 is 0 Å². The number of hydrogen-bond donors (Lipinski definition) is 1. The van der Waals surface area contributed by atoms with Gasteiger partial charge >= 0.3 is 0 Å². The zero-order valence-electron chi connectivity index (χ0n) is 12.3. The van der Waals surface area contributed by atoms with E-state index in [1.807, 2.05) is 20.8 Å². The molecule has 0 radical (unpaired) electrons. The van der Waals surface area contributed by atoms with Gasteiger partial charge in [0.2, 0.25) is 0 Å². The molecule has 0 aromatic carbocycles. The van der Waals surface area contributed by atoms with Gasteiger partial charge in [-0.05, 0) is 39.0 Å². The van der Waals surface area contributed by atoms with Crippen LogP contribution in [0, 0.1) is 11.8 Å². The smallest absolute Gasteiger partial charge is 0.158 e. The van der Waals surface area contributed by atoms with Crippen molar-refractivity contribution in [2.24, 2.45) is 11.8 Å². The molecule has 0 aliphatic carbocycles. The predicted molar refractivity (Wildman–Crippen MR) is 70.9 cm³/mol. The summed E-state index contributed by atoms with van der Waals surface area (Å²) >= 11 is 0. The Morgan fingerprint density at radius 2 is 1.47 bits per heavy atom. The van der Waals surface area contributed by atoms with Crippen molar-refractivity contribution in [1.82, 2.24) is 0 Å². The van der Waals surface area contributed by atoms with Gasteiger partial charge < -0.3 is 14.6 Å². The number of aliphatic hydroxyl groups excluding tert-OH is 1. The molecule has 3 unspecified atom stereocenters. The van der Waals surface area contributed by atoms with Gasteiger partial charge in [-0.1, -0.05) is 20.8 Å². The van der Waals surface area contributed by atoms with Crippen LogP contribution in [0.15, 0.2) is 0 Å². The highest BCUT2D eigenvalue weighted by Gasteiger charge is 2.19. The first-order chi connectivity index (χ1) is 7.85. The van der Waals surface area contributed by atoms with Gasteiger partial charge in [-0.3, -0.25) is 0 Å². The van der Waals surface area contributed by atoms with Crippen molar-refractivity contribution in [3.8, 4) is 0 Å². The quantitative estimate of drug-likeness (QED) is 0.635. The second-order valence-corrected chi connectivity index (χ2v) is 5.71. The third-order valence-electron chi connectivity index (χ3n) is 2.53. The molecule has 0 saturated carbocycles. The molecule has 0 aromatic rings. The normalized spacial score (nSPS) is 17.5. The Hall–Kier alpha value is -0.120. The Labute approximate surface area is 107 Å². The molecule has 0 aliphatic heterocycles. The van der Waals surface area contributed by atoms with Gasteiger partial charge in [-0.2, -0.15) is 0 Å². The van der Waals surface area contributed by atoms with E-state index in [1.54, 1.807) is 0 Å². The molecule has 17 heavy (non-hydrogen) atoms. The SMILES string of the molecule is CC(C)CC(C)CC(OC(C)C)OC(C)CO. The third-order valence-corrected chi connectivity index (χ3v) is 2.53. The summed E-state index contributed by atoms with van der Waals surface area (Å²) in [5, 5.41) is 9.02. The van der Waals surface area contributed by atoms with Gasteiger partial charge in [0, 0.05) is 6.42 Å². The van der Waals surface area contributed by atoms with Crippen LogP contribution < -0.4 is 0 Å². The fourth-order valence-electron chi connectivity index (χ4n) is 1.98. The minimum atomic E-state index is -0.203. The Morgan fingerprint density at radius 1 is 0.882 bits per heavy atom. The lowest BCUT2D eigenvalue weighted by atomic mass is 9.96. The molecule has 0 aromatic heterocycles. The molecule has 0 bridgehead atoms. The zero-order chi connectivity index (χ0) is 13.4. The average molecular weight is 246 g/mol. The molecule has 0 spiro atoms. The highest BCUT2D eigenvalue weighted by atomic mass is 16.7. The number of rotatable bonds is 9. The van der Waals surface area contributed by atoms with Crippen LogP contribution in [0.5, 0.6) is 0 Å². The van der Waals surface area contributed by atoms with Crippen LogP contribution in [0.4, 0.5) is 0 Å². The van der Waals surface area contributed by atoms with Crippen LogP contribution in [-0.4, -0.2) is 30.2 Å². The van der Waals surface area contributed by atoms with E-state index in [4.69, 9.17) is 14.6 Å². The summed E-state index contributed by atoms with van der Waals surface area (Å²) in [5.41, 5.74) is 0. The number of aliphatic hydroxyl groups is 1. The van der Waals surface area contributed by atoms with Gasteiger partial charge in [-0.15, -0.1) is 0 Å². The lowest BCUT2D eigenvalue weighted by Crippen LogP contribution is -2.29. The van der Waals surface area contributed by atoms with Crippen LogP contribution in [0.25, 0.3) is 0 Å². The fraction of sp³-hybridized carbons (Fsp3) is 1.00. The highest BCUT2D eigenvalue weighted by Crippen LogP contribution is 2.20. The standard InChI is InChI=1S/C14H30O3/c1-10(2)7-12(5)8-14(16-11(3)4)17-13(6)9-15/h10-15H,7-9H2,1-6H3. The van der Waals surface area contributed by atoms with Crippen molar-refractivity contribution in [3.05, 3.63) is 0 Å². The molecule has 0 amide bonds. The Balaban J connectivity index is 4.17. The molecular formula is C14H30O3. The van der Waals surface area contributed by atoms with E-state index in [0.717, 1.165) is 6.42 Å². The van der Waals surface area contributed by atoms with E-state index in [0.29, 0.717) is 11.8 Å². The Kier molecular flexibility index (Phi) is 8.83. The van der Waals surface area contributed by atoms with E-state index in [2.05, 4.69) is 20.8 Å². The summed E-state index contributed by atoms with van der Waals surface area (Å²) in [6.07, 6.45) is 1.85. The van der Waals surface area contributed by atoms with Crippen LogP contribution in [0.1, 0.15) is 54.4 Å². The van der Waals surface area contributed by atoms with E-state index in [-0.39, 0.29) is 25.1 Å². The number of hydrogen-bond acceptors (Lipinski definition) is 3. The van der Waals surface area contributed by atoms with Crippen molar-refractivity contribution >= 4 is 0 Å². The second kappa shape index (κ2) is 8.90. The minimum absolute atomic E-state index is 0.0382. The largest absolute Gasteiger partial charge is 0.394 e. The topological polar surface area (TPSA) is 38.7 Å². The van der Waals surface area contributed by atoms with Crippen molar-refractivity contribution in [2.75, 3.05) is 6.61 Å². The molecule has 1 N–H and O–H groups in total. The third kappa shape index (κ3) is 9.57. The molecule has 0 heterocycles. The summed E-state index contributed by atoms with van der Waals surface area (Å²) in [6.45, 7) is 12.6. The molecule has 3 heteroatoms. The summed E-state index contributed by atoms with van der Waals surface area (Å²) in [4.78, 5) is 0. The summed E-state index contributed by atoms with van der Waals surface area (Å²) < 4.78 is 11.4. The first-order valence-electron chi connectivity index (χ1n) is 6.76. The van der Waals surface area contributed by atoms with Gasteiger partial charge in [0.05, 0.1) is 18.8 Å². The molecule has 0 rings (SSSR count). The highest BCUT2D eigenvalue weighted by molar-refractivity contribution is 4.61. The first kappa shape index (κ1) is 16.9. The molecule has 3 nitrogen and oxygen atoms in total. The molecular weight excluding hydrogens is 216 g/mol. The maximum atomic E-state index is 9.02. The van der Waals surface area contributed by atoms with E-state index in [9.17, 15) is 0 Å². The van der Waals surface area contributed by atoms with Crippen molar-refractivity contribution in [2.45, 2.75) is 72.9 Å².